The monoisotopic (exact) mass is 98.0 g/mol. The smallest absolute Gasteiger partial charge is 0.148 e. The molecule has 0 saturated carbocycles. The standard InChI is InChI=1S/C4H6N2O/c1-2-4-3-5-6-7-4/h3H,2H2,1H3/q+1. The third kappa shape index (κ3) is 0.765. The minimum absolute atomic E-state index is 0.833. The van der Waals surface area contributed by atoms with E-state index in [4.69, 9.17) is 0 Å². The minimum Gasteiger partial charge on any atom is -0.148 e. The highest BCUT2D eigenvalue weighted by atomic mass is 16.7. The van der Waals surface area contributed by atoms with Gasteiger partial charge in [-0.1, -0.05) is 6.92 Å². The Morgan fingerprint density at radius 1 is 2.00 bits per heavy atom. The van der Waals surface area contributed by atoms with Crippen LogP contribution in [0.15, 0.2) is 17.1 Å². The highest BCUT2D eigenvalue weighted by molar-refractivity contribution is 4.90. The third-order valence-corrected chi connectivity index (χ3v) is 0.755. The molecule has 0 fully saturated rings. The number of hydrogen-bond donors (Lipinski definition) is 0. The van der Waals surface area contributed by atoms with Crippen molar-refractivity contribution in [3.8, 4) is 0 Å². The van der Waals surface area contributed by atoms with Crippen molar-refractivity contribution < 1.29 is 4.84 Å². The second-order valence-corrected chi connectivity index (χ2v) is 1.24. The number of hydrogen-bond acceptors (Lipinski definition) is 3. The van der Waals surface area contributed by atoms with Crippen LogP contribution < -0.4 is 5.28 Å². The molecule has 0 saturated heterocycles. The summed E-state index contributed by atoms with van der Waals surface area (Å²) in [5, 5.41) is 6.74. The lowest BCUT2D eigenvalue weighted by atomic mass is 10.4. The fraction of sp³-hybridized carbons (Fsp3) is 0.500. The Balaban J connectivity index is 2.45. The molecule has 1 radical (unpaired) electrons. The van der Waals surface area contributed by atoms with Gasteiger partial charge in [-0.2, -0.15) is 0 Å². The Hall–Kier alpha value is -0.860. The lowest BCUT2D eigenvalue weighted by Gasteiger charge is -1.76. The molecule has 0 N–H and O–H groups in total. The van der Waals surface area contributed by atoms with E-state index in [0.29, 0.717) is 0 Å². The van der Waals surface area contributed by atoms with Crippen molar-refractivity contribution in [2.45, 2.75) is 13.3 Å². The Morgan fingerprint density at radius 3 is 3.14 bits per heavy atom. The van der Waals surface area contributed by atoms with Crippen molar-refractivity contribution in [2.24, 2.45) is 5.11 Å². The Labute approximate surface area is 41.7 Å². The highest BCUT2D eigenvalue weighted by Crippen LogP contribution is 2.03. The quantitative estimate of drug-likeness (QED) is 0.481. The first kappa shape index (κ1) is 4.30. The fourth-order valence-electron chi connectivity index (χ4n) is 0.343. The molecule has 0 aromatic heterocycles. The van der Waals surface area contributed by atoms with Gasteiger partial charge in [0.1, 0.15) is 5.11 Å². The molecule has 3 heteroatoms. The predicted octanol–water partition coefficient (Wildman–Crippen LogP) is 0.971. The summed E-state index contributed by atoms with van der Waals surface area (Å²) in [6.45, 7) is 1.99. The van der Waals surface area contributed by atoms with Crippen LogP contribution >= 0.6 is 0 Å². The topological polar surface area (TPSA) is 35.7 Å². The number of rotatable bonds is 1. The largest absolute Gasteiger partial charge is 0.467 e. The summed E-state index contributed by atoms with van der Waals surface area (Å²) < 4.78 is 0. The maximum atomic E-state index is 4.62. The van der Waals surface area contributed by atoms with E-state index in [1.165, 1.54) is 0 Å². The van der Waals surface area contributed by atoms with Crippen molar-refractivity contribution in [1.82, 2.24) is 5.28 Å². The van der Waals surface area contributed by atoms with E-state index < -0.39 is 0 Å². The van der Waals surface area contributed by atoms with Crippen LogP contribution in [0.4, 0.5) is 0 Å². The predicted molar refractivity (Wildman–Crippen MR) is 24.0 cm³/mol. The zero-order valence-corrected chi connectivity index (χ0v) is 4.09. The van der Waals surface area contributed by atoms with Gasteiger partial charge in [0.15, 0.2) is 6.20 Å². The Bertz CT molecular complexity index is 117. The van der Waals surface area contributed by atoms with E-state index in [0.717, 1.165) is 12.2 Å². The Morgan fingerprint density at radius 2 is 2.86 bits per heavy atom. The van der Waals surface area contributed by atoms with E-state index in [1.54, 1.807) is 6.20 Å². The molecule has 1 aliphatic heterocycles. The first-order valence-corrected chi connectivity index (χ1v) is 2.19. The highest BCUT2D eigenvalue weighted by Gasteiger charge is 2.10. The van der Waals surface area contributed by atoms with Crippen molar-refractivity contribution in [3.05, 3.63) is 12.0 Å². The molecule has 3 nitrogen and oxygen atoms in total. The third-order valence-electron chi connectivity index (χ3n) is 0.755. The molecule has 0 atom stereocenters. The van der Waals surface area contributed by atoms with E-state index in [-0.39, 0.29) is 0 Å². The average Bonchev–Trinajstić information content (AvgIpc) is 2.14. The maximum Gasteiger partial charge on any atom is 0.467 e. The van der Waals surface area contributed by atoms with Crippen LogP contribution in [0.1, 0.15) is 13.3 Å². The van der Waals surface area contributed by atoms with Gasteiger partial charge in [0.25, 0.3) is 0 Å². The van der Waals surface area contributed by atoms with Crippen molar-refractivity contribution in [3.63, 3.8) is 0 Å². The van der Waals surface area contributed by atoms with Gasteiger partial charge in [0.2, 0.25) is 5.76 Å². The Kier molecular flexibility index (Phi) is 1.06. The zero-order valence-electron chi connectivity index (χ0n) is 4.09. The van der Waals surface area contributed by atoms with Crippen LogP contribution in [-0.4, -0.2) is 0 Å². The van der Waals surface area contributed by atoms with Gasteiger partial charge in [-0.3, -0.25) is 0 Å². The summed E-state index contributed by atoms with van der Waals surface area (Å²) in [4.78, 5) is 4.62. The molecule has 0 amide bonds. The van der Waals surface area contributed by atoms with Gasteiger partial charge in [-0.15, -0.1) is 4.84 Å². The summed E-state index contributed by atoms with van der Waals surface area (Å²) in [5.74, 6) is 0.833. The maximum absolute atomic E-state index is 4.62. The number of nitrogens with zero attached hydrogens (tertiary/aromatic N) is 2. The lowest BCUT2D eigenvalue weighted by molar-refractivity contribution is 0.160. The molecule has 1 aliphatic rings. The fourth-order valence-corrected chi connectivity index (χ4v) is 0.343. The summed E-state index contributed by atoms with van der Waals surface area (Å²) in [6.07, 6.45) is 2.48. The molecule has 0 unspecified atom stereocenters. The summed E-state index contributed by atoms with van der Waals surface area (Å²) in [5.41, 5.74) is 0. The van der Waals surface area contributed by atoms with Gasteiger partial charge in [-0.05, 0) is 0 Å². The minimum atomic E-state index is 0.833. The van der Waals surface area contributed by atoms with Crippen LogP contribution in [0.3, 0.4) is 0 Å². The molecule has 37 valence electrons. The molecule has 0 aliphatic carbocycles. The normalized spacial score (nSPS) is 16.4. The first-order valence-electron chi connectivity index (χ1n) is 2.19. The SMILES string of the molecule is CCC1=CN=[N+]O1. The second kappa shape index (κ2) is 1.73. The molecule has 7 heavy (non-hydrogen) atoms. The summed E-state index contributed by atoms with van der Waals surface area (Å²) in [6, 6.07) is 0. The van der Waals surface area contributed by atoms with Crippen molar-refractivity contribution >= 4 is 0 Å². The first-order chi connectivity index (χ1) is 3.43. The van der Waals surface area contributed by atoms with E-state index in [2.05, 4.69) is 15.2 Å². The molecule has 0 bridgehead atoms. The van der Waals surface area contributed by atoms with Crippen molar-refractivity contribution in [2.75, 3.05) is 0 Å². The number of allylic oxidation sites excluding steroid dienone is 1. The van der Waals surface area contributed by atoms with Gasteiger partial charge >= 0.3 is 5.28 Å². The molecule has 1 rings (SSSR count). The summed E-state index contributed by atoms with van der Waals surface area (Å²) in [7, 11) is 0. The van der Waals surface area contributed by atoms with Crippen LogP contribution in [0.2, 0.25) is 0 Å². The van der Waals surface area contributed by atoms with E-state index >= 15 is 0 Å². The van der Waals surface area contributed by atoms with Crippen molar-refractivity contribution in [1.29, 1.82) is 0 Å². The molecular formula is C4H6N2O+. The second-order valence-electron chi connectivity index (χ2n) is 1.24. The van der Waals surface area contributed by atoms with Crippen LogP contribution in [-0.2, 0) is 4.84 Å². The molecular weight excluding hydrogens is 92.1 g/mol. The van der Waals surface area contributed by atoms with Crippen LogP contribution in [0.5, 0.6) is 0 Å². The average molecular weight is 98.1 g/mol. The van der Waals surface area contributed by atoms with Gasteiger partial charge < -0.3 is 0 Å². The van der Waals surface area contributed by atoms with E-state index in [1.807, 2.05) is 6.92 Å². The van der Waals surface area contributed by atoms with E-state index in [9.17, 15) is 0 Å². The summed E-state index contributed by atoms with van der Waals surface area (Å²) >= 11 is 0. The molecule has 0 aromatic carbocycles. The molecule has 0 aromatic rings. The van der Waals surface area contributed by atoms with Gasteiger partial charge in [0.05, 0.1) is 0 Å². The molecule has 0 spiro atoms. The van der Waals surface area contributed by atoms with Crippen LogP contribution in [0.25, 0.3) is 0 Å². The molecule has 1 heterocycles. The van der Waals surface area contributed by atoms with Gasteiger partial charge in [-0.25, -0.2) is 0 Å². The van der Waals surface area contributed by atoms with Crippen LogP contribution in [0, 0.1) is 0 Å². The lowest BCUT2D eigenvalue weighted by Crippen LogP contribution is -1.82. The van der Waals surface area contributed by atoms with Gasteiger partial charge in [0, 0.05) is 6.42 Å². The zero-order chi connectivity index (χ0) is 5.11.